The number of aromatic nitrogens is 4. The molecule has 4 N–H and O–H groups in total. The highest BCUT2D eigenvalue weighted by atomic mass is 19.1. The summed E-state index contributed by atoms with van der Waals surface area (Å²) in [5, 5.41) is 20.7. The number of carbonyl (C=O) groups is 1. The average molecular weight is 429 g/mol. The molecule has 1 aliphatic rings. The van der Waals surface area contributed by atoms with E-state index in [0.717, 1.165) is 0 Å². The number of aliphatic carboxylic acids is 1. The van der Waals surface area contributed by atoms with Gasteiger partial charge in [-0.1, -0.05) is 0 Å². The lowest BCUT2D eigenvalue weighted by Crippen LogP contribution is -2.29. The summed E-state index contributed by atoms with van der Waals surface area (Å²) in [6.07, 6.45) is 0.725. The SMILES string of the molecule is O=C(O)CNc1nccc(-c2[nH]c(C3OCC(CO)CO3)nc2-c2ccc(F)cc2)n1. The summed E-state index contributed by atoms with van der Waals surface area (Å²) in [5.74, 6) is -0.997. The quantitative estimate of drug-likeness (QED) is 0.442. The van der Waals surface area contributed by atoms with Crippen molar-refractivity contribution in [1.82, 2.24) is 19.9 Å². The van der Waals surface area contributed by atoms with Crippen LogP contribution in [0, 0.1) is 11.7 Å². The van der Waals surface area contributed by atoms with E-state index in [1.165, 1.54) is 18.3 Å². The molecule has 0 spiro atoms. The van der Waals surface area contributed by atoms with Gasteiger partial charge in [-0.05, 0) is 30.3 Å². The third kappa shape index (κ3) is 4.85. The van der Waals surface area contributed by atoms with Gasteiger partial charge >= 0.3 is 5.97 Å². The number of H-pyrrole nitrogens is 1. The molecule has 2 aromatic heterocycles. The van der Waals surface area contributed by atoms with Gasteiger partial charge in [-0.3, -0.25) is 4.79 Å². The standard InChI is InChI=1S/C20H20FN5O5/c21-13-3-1-12(2-4-13)16-17(14-5-6-22-20(24-14)23-7-15(28)29)26-18(25-16)19-30-9-11(8-27)10-31-19/h1-6,11,19,27H,7-10H2,(H,25,26)(H,28,29)(H,22,23,24). The lowest BCUT2D eigenvalue weighted by Gasteiger charge is -2.26. The van der Waals surface area contributed by atoms with E-state index in [-0.39, 0.29) is 30.8 Å². The molecular weight excluding hydrogens is 409 g/mol. The molecular formula is C20H20FN5O5. The van der Waals surface area contributed by atoms with Crippen LogP contribution < -0.4 is 5.32 Å². The van der Waals surface area contributed by atoms with Crippen molar-refractivity contribution < 1.29 is 28.9 Å². The topological polar surface area (TPSA) is 142 Å². The minimum Gasteiger partial charge on any atom is -0.480 e. The second-order valence-corrected chi connectivity index (χ2v) is 6.91. The maximum atomic E-state index is 13.4. The Morgan fingerprint density at radius 1 is 1.19 bits per heavy atom. The number of carboxylic acid groups (broad SMARTS) is 1. The zero-order valence-electron chi connectivity index (χ0n) is 16.3. The molecule has 0 radical (unpaired) electrons. The molecule has 0 amide bonds. The van der Waals surface area contributed by atoms with Gasteiger partial charge in [0.15, 0.2) is 5.82 Å². The fourth-order valence-electron chi connectivity index (χ4n) is 3.05. The van der Waals surface area contributed by atoms with Gasteiger partial charge in [0, 0.05) is 17.7 Å². The summed E-state index contributed by atoms with van der Waals surface area (Å²) in [5.41, 5.74) is 2.10. The summed E-state index contributed by atoms with van der Waals surface area (Å²) in [4.78, 5) is 26.9. The van der Waals surface area contributed by atoms with Crippen LogP contribution in [0.2, 0.25) is 0 Å². The molecule has 31 heavy (non-hydrogen) atoms. The van der Waals surface area contributed by atoms with E-state index in [2.05, 4.69) is 25.3 Å². The van der Waals surface area contributed by atoms with Gasteiger partial charge in [-0.25, -0.2) is 19.3 Å². The first kappa shape index (κ1) is 20.8. The number of carboxylic acids is 1. The number of halogens is 1. The Hall–Kier alpha value is -3.41. The van der Waals surface area contributed by atoms with Gasteiger partial charge in [0.1, 0.15) is 12.4 Å². The summed E-state index contributed by atoms with van der Waals surface area (Å²) >= 11 is 0. The normalized spacial score (nSPS) is 18.6. The average Bonchev–Trinajstić information content (AvgIpc) is 3.24. The van der Waals surface area contributed by atoms with Crippen LogP contribution in [0.25, 0.3) is 22.6 Å². The number of hydrogen-bond acceptors (Lipinski definition) is 8. The van der Waals surface area contributed by atoms with E-state index in [1.807, 2.05) is 0 Å². The third-order valence-electron chi connectivity index (χ3n) is 4.60. The molecule has 0 aliphatic carbocycles. The molecule has 0 unspecified atom stereocenters. The summed E-state index contributed by atoms with van der Waals surface area (Å²) in [6, 6.07) is 7.47. The highest BCUT2D eigenvalue weighted by molar-refractivity contribution is 5.77. The van der Waals surface area contributed by atoms with E-state index in [9.17, 15) is 14.3 Å². The fraction of sp³-hybridized carbons (Fsp3) is 0.300. The molecule has 1 aromatic carbocycles. The number of nitrogens with one attached hydrogen (secondary N) is 2. The molecule has 3 aromatic rings. The van der Waals surface area contributed by atoms with Crippen molar-refractivity contribution in [3.05, 3.63) is 48.2 Å². The Balaban J connectivity index is 1.70. The highest BCUT2D eigenvalue weighted by Crippen LogP contribution is 2.33. The summed E-state index contributed by atoms with van der Waals surface area (Å²) in [7, 11) is 0. The van der Waals surface area contributed by atoms with Crippen molar-refractivity contribution in [3.8, 4) is 22.6 Å². The van der Waals surface area contributed by atoms with Crippen LogP contribution in [0.3, 0.4) is 0 Å². The van der Waals surface area contributed by atoms with Crippen molar-refractivity contribution in [3.63, 3.8) is 0 Å². The molecule has 1 saturated heterocycles. The zero-order valence-corrected chi connectivity index (χ0v) is 16.3. The molecule has 162 valence electrons. The molecule has 0 atom stereocenters. The maximum absolute atomic E-state index is 13.4. The molecule has 4 rings (SSSR count). The van der Waals surface area contributed by atoms with Crippen LogP contribution in [-0.4, -0.2) is 62.5 Å². The number of ether oxygens (including phenoxy) is 2. The van der Waals surface area contributed by atoms with Crippen molar-refractivity contribution >= 4 is 11.9 Å². The number of imidazole rings is 1. The lowest BCUT2D eigenvalue weighted by molar-refractivity contribution is -0.213. The Morgan fingerprint density at radius 3 is 2.61 bits per heavy atom. The van der Waals surface area contributed by atoms with Crippen LogP contribution in [-0.2, 0) is 14.3 Å². The van der Waals surface area contributed by atoms with Crippen molar-refractivity contribution in [1.29, 1.82) is 0 Å². The smallest absolute Gasteiger partial charge is 0.322 e. The molecule has 10 nitrogen and oxygen atoms in total. The van der Waals surface area contributed by atoms with E-state index in [4.69, 9.17) is 14.6 Å². The minimum atomic E-state index is -1.04. The largest absolute Gasteiger partial charge is 0.480 e. The van der Waals surface area contributed by atoms with Crippen LogP contribution in [0.15, 0.2) is 36.5 Å². The number of aliphatic hydroxyl groups excluding tert-OH is 1. The first-order valence-corrected chi connectivity index (χ1v) is 9.52. The number of aromatic amines is 1. The predicted octanol–water partition coefficient (Wildman–Crippen LogP) is 1.82. The number of rotatable bonds is 7. The summed E-state index contributed by atoms with van der Waals surface area (Å²) in [6.45, 7) is 0.266. The van der Waals surface area contributed by atoms with Crippen LogP contribution in [0.1, 0.15) is 12.1 Å². The van der Waals surface area contributed by atoms with E-state index in [1.54, 1.807) is 18.2 Å². The van der Waals surface area contributed by atoms with Gasteiger partial charge in [0.25, 0.3) is 0 Å². The molecule has 0 saturated carbocycles. The molecule has 1 aliphatic heterocycles. The van der Waals surface area contributed by atoms with E-state index in [0.29, 0.717) is 41.7 Å². The van der Waals surface area contributed by atoms with Gasteiger partial charge in [-0.2, -0.15) is 0 Å². The Kier molecular flexibility index (Phi) is 6.16. The zero-order chi connectivity index (χ0) is 21.8. The molecule has 1 fully saturated rings. The number of anilines is 1. The number of aliphatic hydroxyl groups is 1. The third-order valence-corrected chi connectivity index (χ3v) is 4.60. The van der Waals surface area contributed by atoms with Crippen molar-refractivity contribution in [2.24, 2.45) is 5.92 Å². The highest BCUT2D eigenvalue weighted by Gasteiger charge is 2.27. The number of hydrogen-bond donors (Lipinski definition) is 4. The van der Waals surface area contributed by atoms with Gasteiger partial charge in [0.05, 0.1) is 36.9 Å². The second-order valence-electron chi connectivity index (χ2n) is 6.91. The first-order chi connectivity index (χ1) is 15.0. The molecule has 0 bridgehead atoms. The first-order valence-electron chi connectivity index (χ1n) is 9.52. The fourth-order valence-corrected chi connectivity index (χ4v) is 3.05. The van der Waals surface area contributed by atoms with Crippen LogP contribution in [0.5, 0.6) is 0 Å². The van der Waals surface area contributed by atoms with Gasteiger partial charge in [-0.15, -0.1) is 0 Å². The Labute approximate surface area is 176 Å². The number of nitrogens with zero attached hydrogens (tertiary/aromatic N) is 3. The molecule has 11 heteroatoms. The lowest BCUT2D eigenvalue weighted by atomic mass is 10.1. The molecule has 3 heterocycles. The Bertz CT molecular complexity index is 1050. The van der Waals surface area contributed by atoms with E-state index < -0.39 is 12.3 Å². The van der Waals surface area contributed by atoms with Crippen LogP contribution >= 0.6 is 0 Å². The van der Waals surface area contributed by atoms with Crippen molar-refractivity contribution in [2.75, 3.05) is 31.7 Å². The number of benzene rings is 1. The monoisotopic (exact) mass is 429 g/mol. The van der Waals surface area contributed by atoms with Crippen molar-refractivity contribution in [2.45, 2.75) is 6.29 Å². The Morgan fingerprint density at radius 2 is 1.94 bits per heavy atom. The second kappa shape index (κ2) is 9.16. The minimum absolute atomic E-state index is 0.0377. The predicted molar refractivity (Wildman–Crippen MR) is 106 cm³/mol. The van der Waals surface area contributed by atoms with Gasteiger partial charge in [0.2, 0.25) is 12.2 Å². The van der Waals surface area contributed by atoms with Gasteiger partial charge < -0.3 is 30.0 Å². The summed E-state index contributed by atoms with van der Waals surface area (Å²) < 4.78 is 24.8. The van der Waals surface area contributed by atoms with E-state index >= 15 is 0 Å². The van der Waals surface area contributed by atoms with Crippen LogP contribution in [0.4, 0.5) is 10.3 Å². The maximum Gasteiger partial charge on any atom is 0.322 e.